The fourth-order valence-corrected chi connectivity index (χ4v) is 3.98. The number of aromatic nitrogens is 2. The third-order valence-electron chi connectivity index (χ3n) is 3.58. The van der Waals surface area contributed by atoms with Gasteiger partial charge in [-0.05, 0) is 25.8 Å². The lowest BCUT2D eigenvalue weighted by Crippen LogP contribution is -2.46. The highest BCUT2D eigenvalue weighted by Gasteiger charge is 2.31. The molecule has 1 unspecified atom stereocenters. The molecule has 1 aromatic heterocycles. The van der Waals surface area contributed by atoms with Crippen molar-refractivity contribution < 1.29 is 8.42 Å². The summed E-state index contributed by atoms with van der Waals surface area (Å²) in [6.07, 6.45) is 5.15. The van der Waals surface area contributed by atoms with Gasteiger partial charge in [-0.1, -0.05) is 13.8 Å². The Hall–Kier alpha value is -0.920. The van der Waals surface area contributed by atoms with Gasteiger partial charge < -0.3 is 9.88 Å². The van der Waals surface area contributed by atoms with Crippen LogP contribution < -0.4 is 5.32 Å². The summed E-state index contributed by atoms with van der Waals surface area (Å²) in [6, 6.07) is 0.233. The summed E-state index contributed by atoms with van der Waals surface area (Å²) in [5, 5.41) is 3.32. The zero-order chi connectivity index (χ0) is 14.8. The van der Waals surface area contributed by atoms with Crippen LogP contribution in [-0.4, -0.2) is 48.5 Å². The van der Waals surface area contributed by atoms with E-state index in [9.17, 15) is 8.42 Å². The molecular formula is C13H24N4O2S. The summed E-state index contributed by atoms with van der Waals surface area (Å²) in [7, 11) is -1.59. The molecule has 0 aromatic carbocycles. The van der Waals surface area contributed by atoms with Crippen LogP contribution in [0.5, 0.6) is 0 Å². The number of hydrogen-bond acceptors (Lipinski definition) is 4. The zero-order valence-corrected chi connectivity index (χ0v) is 13.2. The van der Waals surface area contributed by atoms with Crippen molar-refractivity contribution in [3.63, 3.8) is 0 Å². The normalized spacial score (nSPS) is 21.5. The fourth-order valence-electron chi connectivity index (χ4n) is 2.52. The van der Waals surface area contributed by atoms with Gasteiger partial charge in [0.15, 0.2) is 5.03 Å². The maximum atomic E-state index is 12.6. The Labute approximate surface area is 121 Å². The Morgan fingerprint density at radius 2 is 2.25 bits per heavy atom. The first-order valence-corrected chi connectivity index (χ1v) is 8.56. The highest BCUT2D eigenvalue weighted by molar-refractivity contribution is 7.89. The van der Waals surface area contributed by atoms with E-state index in [1.54, 1.807) is 16.8 Å². The molecular weight excluding hydrogens is 276 g/mol. The maximum Gasteiger partial charge on any atom is 0.262 e. The van der Waals surface area contributed by atoms with Crippen molar-refractivity contribution in [2.75, 3.05) is 20.1 Å². The van der Waals surface area contributed by atoms with Crippen molar-refractivity contribution in [2.24, 2.45) is 5.92 Å². The summed E-state index contributed by atoms with van der Waals surface area (Å²) >= 11 is 0. The first kappa shape index (κ1) is 15.5. The summed E-state index contributed by atoms with van der Waals surface area (Å²) in [5.74, 6) is 0.461. The highest BCUT2D eigenvalue weighted by Crippen LogP contribution is 2.19. The van der Waals surface area contributed by atoms with Crippen molar-refractivity contribution in [2.45, 2.75) is 44.3 Å². The molecule has 0 saturated carbocycles. The van der Waals surface area contributed by atoms with Gasteiger partial charge >= 0.3 is 0 Å². The molecule has 1 fully saturated rings. The van der Waals surface area contributed by atoms with Crippen molar-refractivity contribution in [1.29, 1.82) is 0 Å². The van der Waals surface area contributed by atoms with E-state index < -0.39 is 10.0 Å². The molecule has 114 valence electrons. The van der Waals surface area contributed by atoms with Crippen molar-refractivity contribution in [3.8, 4) is 0 Å². The number of sulfonamides is 1. The quantitative estimate of drug-likeness (QED) is 0.878. The van der Waals surface area contributed by atoms with Gasteiger partial charge in [0.1, 0.15) is 0 Å². The topological polar surface area (TPSA) is 67.2 Å². The first-order chi connectivity index (χ1) is 9.43. The number of imidazole rings is 1. The molecule has 2 rings (SSSR count). The Bertz CT molecular complexity index is 538. The van der Waals surface area contributed by atoms with Crippen LogP contribution in [0.15, 0.2) is 17.6 Å². The number of nitrogens with one attached hydrogen (secondary N) is 1. The summed E-state index contributed by atoms with van der Waals surface area (Å²) < 4.78 is 28.5. The van der Waals surface area contributed by atoms with E-state index in [0.717, 1.165) is 19.4 Å². The van der Waals surface area contributed by atoms with Crippen molar-refractivity contribution >= 4 is 10.0 Å². The van der Waals surface area contributed by atoms with Crippen LogP contribution in [0.25, 0.3) is 0 Å². The van der Waals surface area contributed by atoms with Gasteiger partial charge in [0, 0.05) is 31.9 Å². The first-order valence-electron chi connectivity index (χ1n) is 7.12. The SMILES string of the molecule is CNC1CCCN(S(=O)(=O)c2cn(CC(C)C)cn2)C1. The van der Waals surface area contributed by atoms with Gasteiger partial charge in [-0.15, -0.1) is 0 Å². The van der Waals surface area contributed by atoms with E-state index in [4.69, 9.17) is 0 Å². The molecule has 0 aliphatic carbocycles. The van der Waals surface area contributed by atoms with Crippen LogP contribution >= 0.6 is 0 Å². The number of hydrogen-bond donors (Lipinski definition) is 1. The predicted molar refractivity (Wildman–Crippen MR) is 77.9 cm³/mol. The molecule has 1 atom stereocenters. The summed E-state index contributed by atoms with van der Waals surface area (Å²) in [4.78, 5) is 4.08. The molecule has 2 heterocycles. The molecule has 20 heavy (non-hydrogen) atoms. The Balaban J connectivity index is 2.15. The standard InChI is InChI=1S/C13H24N4O2S/c1-11(2)7-16-9-13(15-10-16)20(18,19)17-6-4-5-12(8-17)14-3/h9-12,14H,4-8H2,1-3H3. The van der Waals surface area contributed by atoms with Crippen molar-refractivity contribution in [1.82, 2.24) is 19.2 Å². The van der Waals surface area contributed by atoms with Crippen LogP contribution in [0.3, 0.4) is 0 Å². The lowest BCUT2D eigenvalue weighted by molar-refractivity contribution is 0.292. The molecule has 1 aromatic rings. The van der Waals surface area contributed by atoms with Gasteiger partial charge in [0.05, 0.1) is 6.33 Å². The largest absolute Gasteiger partial charge is 0.336 e. The lowest BCUT2D eigenvalue weighted by atomic mass is 10.1. The van der Waals surface area contributed by atoms with Gasteiger partial charge in [0.2, 0.25) is 0 Å². The molecule has 1 N–H and O–H groups in total. The number of likely N-dealkylation sites (N-methyl/N-ethyl adjacent to an activating group) is 1. The number of piperidine rings is 1. The highest BCUT2D eigenvalue weighted by atomic mass is 32.2. The zero-order valence-electron chi connectivity index (χ0n) is 12.4. The minimum Gasteiger partial charge on any atom is -0.336 e. The summed E-state index contributed by atoms with van der Waals surface area (Å²) in [5.41, 5.74) is 0. The van der Waals surface area contributed by atoms with E-state index >= 15 is 0 Å². The molecule has 0 spiro atoms. The van der Waals surface area contributed by atoms with Crippen LogP contribution in [-0.2, 0) is 16.6 Å². The van der Waals surface area contributed by atoms with Gasteiger partial charge in [0.25, 0.3) is 10.0 Å². The van der Waals surface area contributed by atoms with E-state index in [1.807, 2.05) is 11.6 Å². The average Bonchev–Trinajstić information content (AvgIpc) is 2.87. The maximum absolute atomic E-state index is 12.6. The molecule has 1 aliphatic rings. The van der Waals surface area contributed by atoms with E-state index in [-0.39, 0.29) is 11.1 Å². The van der Waals surface area contributed by atoms with E-state index in [0.29, 0.717) is 19.0 Å². The molecule has 6 nitrogen and oxygen atoms in total. The minimum absolute atomic E-state index is 0.162. The van der Waals surface area contributed by atoms with Crippen LogP contribution in [0.4, 0.5) is 0 Å². The smallest absolute Gasteiger partial charge is 0.262 e. The molecule has 0 amide bonds. The Morgan fingerprint density at radius 3 is 2.90 bits per heavy atom. The minimum atomic E-state index is -3.46. The van der Waals surface area contributed by atoms with E-state index in [1.165, 1.54) is 0 Å². The summed E-state index contributed by atoms with van der Waals surface area (Å²) in [6.45, 7) is 6.07. The molecule has 1 saturated heterocycles. The fraction of sp³-hybridized carbons (Fsp3) is 0.769. The third-order valence-corrected chi connectivity index (χ3v) is 5.33. The Morgan fingerprint density at radius 1 is 1.50 bits per heavy atom. The van der Waals surface area contributed by atoms with Crippen LogP contribution in [0.2, 0.25) is 0 Å². The Kier molecular flexibility index (Phi) is 4.82. The second kappa shape index (κ2) is 6.24. The average molecular weight is 300 g/mol. The van der Waals surface area contributed by atoms with E-state index in [2.05, 4.69) is 24.1 Å². The molecule has 0 radical (unpaired) electrons. The molecule has 1 aliphatic heterocycles. The third kappa shape index (κ3) is 3.39. The molecule has 7 heteroatoms. The van der Waals surface area contributed by atoms with Gasteiger partial charge in [-0.2, -0.15) is 4.31 Å². The monoisotopic (exact) mass is 300 g/mol. The lowest BCUT2D eigenvalue weighted by Gasteiger charge is -2.31. The van der Waals surface area contributed by atoms with Crippen LogP contribution in [0, 0.1) is 5.92 Å². The number of nitrogens with zero attached hydrogens (tertiary/aromatic N) is 3. The van der Waals surface area contributed by atoms with Crippen molar-refractivity contribution in [3.05, 3.63) is 12.5 Å². The van der Waals surface area contributed by atoms with Gasteiger partial charge in [-0.25, -0.2) is 13.4 Å². The van der Waals surface area contributed by atoms with Gasteiger partial charge in [-0.3, -0.25) is 0 Å². The second-order valence-corrected chi connectivity index (χ2v) is 7.68. The predicted octanol–water partition coefficient (Wildman–Crippen LogP) is 0.912. The number of rotatable bonds is 5. The molecule has 0 bridgehead atoms. The van der Waals surface area contributed by atoms with Crippen LogP contribution in [0.1, 0.15) is 26.7 Å². The second-order valence-electron chi connectivity index (χ2n) is 5.79.